The fourth-order valence-electron chi connectivity index (χ4n) is 3.43. The number of piperidine rings is 1. The lowest BCUT2D eigenvalue weighted by Crippen LogP contribution is -2.32. The summed E-state index contributed by atoms with van der Waals surface area (Å²) < 4.78 is 1.09. The Morgan fingerprint density at radius 3 is 2.94 bits per heavy atom. The molecule has 2 heterocycles. The van der Waals surface area contributed by atoms with Crippen LogP contribution in [0.2, 0.25) is 0 Å². The van der Waals surface area contributed by atoms with Crippen LogP contribution in [0.5, 0.6) is 0 Å². The maximum absolute atomic E-state index is 4.54. The van der Waals surface area contributed by atoms with Gasteiger partial charge in [-0.2, -0.15) is 0 Å². The van der Waals surface area contributed by atoms with Crippen LogP contribution < -0.4 is 4.90 Å². The Hall–Kier alpha value is -1.16. The molecular formula is C14H14BrN3. The summed E-state index contributed by atoms with van der Waals surface area (Å²) in [5.74, 6) is 2.00. The van der Waals surface area contributed by atoms with Gasteiger partial charge in [-0.3, -0.25) is 0 Å². The van der Waals surface area contributed by atoms with Gasteiger partial charge in [-0.05, 0) is 43.4 Å². The third-order valence-corrected chi connectivity index (χ3v) is 4.75. The Balaban J connectivity index is 1.87. The van der Waals surface area contributed by atoms with Crippen LogP contribution in [-0.2, 0) is 0 Å². The third-order valence-electron chi connectivity index (χ3n) is 4.26. The van der Waals surface area contributed by atoms with E-state index in [4.69, 9.17) is 0 Å². The molecule has 2 fully saturated rings. The zero-order valence-electron chi connectivity index (χ0n) is 10.0. The SMILES string of the molecule is Brc1ccc2ncnc(N3CC4CCC3C4)c2c1. The standard InChI is InChI=1S/C14H14BrN3/c15-10-2-4-13-12(6-10)14(17-8-16-13)18-7-9-1-3-11(18)5-9/h2,4,6,8-9,11H,1,3,5,7H2. The number of benzene rings is 1. The van der Waals surface area contributed by atoms with Crippen molar-refractivity contribution < 1.29 is 0 Å². The first-order valence-electron chi connectivity index (χ1n) is 6.48. The van der Waals surface area contributed by atoms with Gasteiger partial charge in [-0.15, -0.1) is 0 Å². The monoisotopic (exact) mass is 303 g/mol. The number of fused-ring (bicyclic) bond motifs is 3. The number of hydrogen-bond acceptors (Lipinski definition) is 3. The molecule has 0 spiro atoms. The molecule has 1 aliphatic carbocycles. The minimum atomic E-state index is 0.701. The molecule has 0 amide bonds. The third kappa shape index (κ3) is 1.55. The molecule has 0 radical (unpaired) electrons. The molecule has 1 aromatic carbocycles. The molecule has 2 bridgehead atoms. The summed E-state index contributed by atoms with van der Waals surface area (Å²) in [6.45, 7) is 1.17. The van der Waals surface area contributed by atoms with Gasteiger partial charge in [-0.1, -0.05) is 15.9 Å². The Morgan fingerprint density at radius 2 is 2.17 bits per heavy atom. The van der Waals surface area contributed by atoms with E-state index in [1.165, 1.54) is 31.2 Å². The lowest BCUT2D eigenvalue weighted by Gasteiger charge is -2.28. The van der Waals surface area contributed by atoms with Crippen LogP contribution in [0.1, 0.15) is 19.3 Å². The van der Waals surface area contributed by atoms with E-state index >= 15 is 0 Å². The van der Waals surface area contributed by atoms with Crippen LogP contribution in [-0.4, -0.2) is 22.6 Å². The number of anilines is 1. The lowest BCUT2D eigenvalue weighted by molar-refractivity contribution is 0.551. The number of hydrogen-bond donors (Lipinski definition) is 0. The largest absolute Gasteiger partial charge is 0.353 e. The van der Waals surface area contributed by atoms with Crippen LogP contribution in [0.15, 0.2) is 29.0 Å². The topological polar surface area (TPSA) is 29.0 Å². The zero-order chi connectivity index (χ0) is 12.1. The van der Waals surface area contributed by atoms with E-state index < -0.39 is 0 Å². The molecule has 0 N–H and O–H groups in total. The van der Waals surface area contributed by atoms with Crippen molar-refractivity contribution in [2.75, 3.05) is 11.4 Å². The highest BCUT2D eigenvalue weighted by atomic mass is 79.9. The molecule has 1 aliphatic heterocycles. The normalized spacial score (nSPS) is 26.2. The van der Waals surface area contributed by atoms with Crippen molar-refractivity contribution in [2.24, 2.45) is 5.92 Å². The molecular weight excluding hydrogens is 290 g/mol. The van der Waals surface area contributed by atoms with E-state index in [0.717, 1.165) is 21.7 Å². The van der Waals surface area contributed by atoms with Gasteiger partial charge >= 0.3 is 0 Å². The second kappa shape index (κ2) is 3.92. The second-order valence-corrected chi connectivity index (χ2v) is 6.26. The van der Waals surface area contributed by atoms with Crippen molar-refractivity contribution in [2.45, 2.75) is 25.3 Å². The molecule has 18 heavy (non-hydrogen) atoms. The summed E-state index contributed by atoms with van der Waals surface area (Å²) in [6.07, 6.45) is 5.76. The smallest absolute Gasteiger partial charge is 0.140 e. The fraction of sp³-hybridized carbons (Fsp3) is 0.429. The number of halogens is 1. The van der Waals surface area contributed by atoms with Crippen LogP contribution in [0.3, 0.4) is 0 Å². The number of nitrogens with zero attached hydrogens (tertiary/aromatic N) is 3. The van der Waals surface area contributed by atoms with Gasteiger partial charge in [-0.25, -0.2) is 9.97 Å². The van der Waals surface area contributed by atoms with Gasteiger partial charge in [0.15, 0.2) is 0 Å². The van der Waals surface area contributed by atoms with Crippen molar-refractivity contribution in [1.29, 1.82) is 0 Å². The van der Waals surface area contributed by atoms with E-state index in [9.17, 15) is 0 Å². The summed E-state index contributed by atoms with van der Waals surface area (Å²) in [6, 6.07) is 6.93. The number of rotatable bonds is 1. The average Bonchev–Trinajstić information content (AvgIpc) is 3.00. The van der Waals surface area contributed by atoms with Gasteiger partial charge in [0.2, 0.25) is 0 Å². The predicted octanol–water partition coefficient (Wildman–Crippen LogP) is 3.38. The minimum Gasteiger partial charge on any atom is -0.353 e. The van der Waals surface area contributed by atoms with Crippen molar-refractivity contribution in [3.8, 4) is 0 Å². The van der Waals surface area contributed by atoms with Crippen LogP contribution in [0.25, 0.3) is 10.9 Å². The van der Waals surface area contributed by atoms with E-state index in [1.54, 1.807) is 6.33 Å². The molecule has 4 heteroatoms. The van der Waals surface area contributed by atoms with E-state index in [0.29, 0.717) is 6.04 Å². The van der Waals surface area contributed by atoms with Gasteiger partial charge in [0, 0.05) is 22.4 Å². The average molecular weight is 304 g/mol. The Labute approximate surface area is 114 Å². The number of aromatic nitrogens is 2. The highest BCUT2D eigenvalue weighted by Crippen LogP contribution is 2.41. The molecule has 2 aromatic rings. The molecule has 2 aliphatic rings. The molecule has 1 saturated heterocycles. The van der Waals surface area contributed by atoms with Crippen LogP contribution in [0.4, 0.5) is 5.82 Å². The van der Waals surface area contributed by atoms with E-state index in [-0.39, 0.29) is 0 Å². The molecule has 1 aromatic heterocycles. The first-order valence-corrected chi connectivity index (χ1v) is 7.27. The Kier molecular flexibility index (Phi) is 2.34. The van der Waals surface area contributed by atoms with Crippen LogP contribution >= 0.6 is 15.9 Å². The van der Waals surface area contributed by atoms with E-state index in [1.807, 2.05) is 6.07 Å². The van der Waals surface area contributed by atoms with Gasteiger partial charge in [0.05, 0.1) is 5.52 Å². The van der Waals surface area contributed by atoms with Gasteiger partial charge in [0.25, 0.3) is 0 Å². The summed E-state index contributed by atoms with van der Waals surface area (Å²) in [5.41, 5.74) is 1.03. The first kappa shape index (κ1) is 10.7. The zero-order valence-corrected chi connectivity index (χ0v) is 11.6. The van der Waals surface area contributed by atoms with Crippen LogP contribution in [0, 0.1) is 5.92 Å². The summed E-state index contributed by atoms with van der Waals surface area (Å²) in [7, 11) is 0. The minimum absolute atomic E-state index is 0.701. The van der Waals surface area contributed by atoms with Gasteiger partial charge in [0.1, 0.15) is 12.1 Å². The van der Waals surface area contributed by atoms with Crippen molar-refractivity contribution in [3.63, 3.8) is 0 Å². The Bertz CT molecular complexity index is 613. The van der Waals surface area contributed by atoms with Crippen molar-refractivity contribution in [3.05, 3.63) is 29.0 Å². The molecule has 2 atom stereocenters. The molecule has 92 valence electrons. The molecule has 2 unspecified atom stereocenters. The van der Waals surface area contributed by atoms with Crippen molar-refractivity contribution >= 4 is 32.7 Å². The quantitative estimate of drug-likeness (QED) is 0.809. The lowest BCUT2D eigenvalue weighted by atomic mass is 10.1. The van der Waals surface area contributed by atoms with E-state index in [2.05, 4.69) is 42.9 Å². The summed E-state index contributed by atoms with van der Waals surface area (Å²) in [4.78, 5) is 11.4. The molecule has 3 nitrogen and oxygen atoms in total. The predicted molar refractivity (Wildman–Crippen MR) is 75.7 cm³/mol. The highest BCUT2D eigenvalue weighted by molar-refractivity contribution is 9.10. The van der Waals surface area contributed by atoms with Gasteiger partial charge < -0.3 is 4.90 Å². The summed E-state index contributed by atoms with van der Waals surface area (Å²) in [5, 5.41) is 1.17. The second-order valence-electron chi connectivity index (χ2n) is 5.34. The maximum Gasteiger partial charge on any atom is 0.140 e. The molecule has 1 saturated carbocycles. The van der Waals surface area contributed by atoms with Crippen molar-refractivity contribution in [1.82, 2.24) is 9.97 Å². The molecule has 4 rings (SSSR count). The first-order chi connectivity index (χ1) is 8.81. The maximum atomic E-state index is 4.54. The highest BCUT2D eigenvalue weighted by Gasteiger charge is 2.38. The fourth-order valence-corrected chi connectivity index (χ4v) is 3.79. The Morgan fingerprint density at radius 1 is 1.22 bits per heavy atom. The summed E-state index contributed by atoms with van der Waals surface area (Å²) >= 11 is 3.54.